The lowest BCUT2D eigenvalue weighted by molar-refractivity contribution is -0.121. The highest BCUT2D eigenvalue weighted by Crippen LogP contribution is 2.26. The molecule has 2 heterocycles. The quantitative estimate of drug-likeness (QED) is 0.946. The van der Waals surface area contributed by atoms with Crippen LogP contribution in [-0.4, -0.2) is 28.6 Å². The topological polar surface area (TPSA) is 64.1 Å². The Labute approximate surface area is 127 Å². The molecular weight excluding hydrogens is 290 g/mol. The van der Waals surface area contributed by atoms with Crippen LogP contribution in [0.15, 0.2) is 24.3 Å². The second kappa shape index (κ2) is 5.95. The molecule has 0 spiro atoms. The average Bonchev–Trinajstić information content (AvgIpc) is 2.96. The molecule has 0 bridgehead atoms. The Morgan fingerprint density at radius 1 is 1.38 bits per heavy atom. The minimum absolute atomic E-state index is 0.0304. The van der Waals surface area contributed by atoms with E-state index in [2.05, 4.69) is 15.3 Å². The number of hydrogen-bond donors (Lipinski definition) is 1. The van der Waals surface area contributed by atoms with E-state index in [1.54, 1.807) is 0 Å². The van der Waals surface area contributed by atoms with Gasteiger partial charge in [-0.25, -0.2) is 9.97 Å². The highest BCUT2D eigenvalue weighted by atomic mass is 35.5. The molecule has 1 saturated heterocycles. The van der Waals surface area contributed by atoms with E-state index >= 15 is 0 Å². The van der Waals surface area contributed by atoms with Crippen LogP contribution in [0.2, 0.25) is 5.15 Å². The molecule has 1 aromatic heterocycles. The molecule has 0 radical (unpaired) electrons. The van der Waals surface area contributed by atoms with Gasteiger partial charge >= 0.3 is 0 Å². The Balaban J connectivity index is 1.84. The van der Waals surface area contributed by atoms with E-state index in [0.717, 1.165) is 12.8 Å². The first-order valence-electron chi connectivity index (χ1n) is 7.03. The summed E-state index contributed by atoms with van der Waals surface area (Å²) >= 11 is 6.10. The van der Waals surface area contributed by atoms with Crippen molar-refractivity contribution in [2.45, 2.75) is 25.9 Å². The highest BCUT2D eigenvalue weighted by molar-refractivity contribution is 6.32. The third-order valence-electron chi connectivity index (χ3n) is 3.72. The minimum Gasteiger partial charge on any atom is -0.377 e. The fourth-order valence-electron chi connectivity index (χ4n) is 2.62. The van der Waals surface area contributed by atoms with Crippen molar-refractivity contribution in [2.24, 2.45) is 5.92 Å². The zero-order valence-corrected chi connectivity index (χ0v) is 12.4. The Morgan fingerprint density at radius 3 is 2.81 bits per heavy atom. The summed E-state index contributed by atoms with van der Waals surface area (Å²) in [4.78, 5) is 21.0. The summed E-state index contributed by atoms with van der Waals surface area (Å²) in [6, 6.07) is 7.40. The molecule has 0 saturated carbocycles. The van der Waals surface area contributed by atoms with Gasteiger partial charge in [0.1, 0.15) is 0 Å². The molecule has 3 rings (SSSR count). The lowest BCUT2D eigenvalue weighted by Gasteiger charge is -2.16. The summed E-state index contributed by atoms with van der Waals surface area (Å²) in [5, 5.41) is 2.99. The van der Waals surface area contributed by atoms with Crippen molar-refractivity contribution in [3.05, 3.63) is 29.4 Å². The number of fused-ring (bicyclic) bond motifs is 1. The number of ether oxygens (including phenoxy) is 1. The molecule has 2 atom stereocenters. The van der Waals surface area contributed by atoms with E-state index in [9.17, 15) is 4.79 Å². The third kappa shape index (κ3) is 2.84. The molecular formula is C15H16ClN3O2. The number of benzene rings is 1. The zero-order valence-electron chi connectivity index (χ0n) is 11.7. The van der Waals surface area contributed by atoms with Gasteiger partial charge in [0.15, 0.2) is 11.0 Å². The van der Waals surface area contributed by atoms with E-state index in [1.807, 2.05) is 31.2 Å². The first-order valence-corrected chi connectivity index (χ1v) is 7.41. The van der Waals surface area contributed by atoms with E-state index in [0.29, 0.717) is 23.5 Å². The molecule has 1 aliphatic heterocycles. The molecule has 0 aliphatic carbocycles. The smallest absolute Gasteiger partial charge is 0.231 e. The molecule has 110 valence electrons. The van der Waals surface area contributed by atoms with Gasteiger partial charge in [-0.05, 0) is 25.0 Å². The Hall–Kier alpha value is -1.72. The predicted octanol–water partition coefficient (Wildman–Crippen LogP) is 3.04. The van der Waals surface area contributed by atoms with Crippen LogP contribution in [-0.2, 0) is 9.53 Å². The van der Waals surface area contributed by atoms with Gasteiger partial charge in [0.2, 0.25) is 5.91 Å². The van der Waals surface area contributed by atoms with Gasteiger partial charge in [-0.3, -0.25) is 4.79 Å². The Bertz CT molecular complexity index is 677. The number of amides is 1. The SMILES string of the molecule is CCC1OCCC1C(=O)Nc1nc2ccccc2nc1Cl. The maximum atomic E-state index is 12.4. The van der Waals surface area contributed by atoms with E-state index < -0.39 is 0 Å². The molecule has 1 fully saturated rings. The van der Waals surface area contributed by atoms with Crippen molar-refractivity contribution in [3.8, 4) is 0 Å². The van der Waals surface area contributed by atoms with Gasteiger partial charge in [0.25, 0.3) is 0 Å². The third-order valence-corrected chi connectivity index (χ3v) is 3.98. The van der Waals surface area contributed by atoms with Gasteiger partial charge in [-0.1, -0.05) is 30.7 Å². The molecule has 2 aromatic rings. The van der Waals surface area contributed by atoms with Crippen molar-refractivity contribution >= 4 is 34.4 Å². The van der Waals surface area contributed by atoms with E-state index in [-0.39, 0.29) is 23.1 Å². The summed E-state index contributed by atoms with van der Waals surface area (Å²) in [7, 11) is 0. The number of carbonyl (C=O) groups excluding carboxylic acids is 1. The number of rotatable bonds is 3. The maximum Gasteiger partial charge on any atom is 0.231 e. The number of nitrogens with one attached hydrogen (secondary N) is 1. The number of hydrogen-bond acceptors (Lipinski definition) is 4. The lowest BCUT2D eigenvalue weighted by Crippen LogP contribution is -2.29. The Morgan fingerprint density at radius 2 is 2.10 bits per heavy atom. The summed E-state index contributed by atoms with van der Waals surface area (Å²) in [5.41, 5.74) is 1.41. The van der Waals surface area contributed by atoms with Crippen LogP contribution in [0.4, 0.5) is 5.82 Å². The van der Waals surface area contributed by atoms with Crippen LogP contribution in [0.1, 0.15) is 19.8 Å². The minimum atomic E-state index is -0.153. The zero-order chi connectivity index (χ0) is 14.8. The molecule has 1 amide bonds. The lowest BCUT2D eigenvalue weighted by atomic mass is 9.99. The van der Waals surface area contributed by atoms with Gasteiger partial charge in [0.05, 0.1) is 23.1 Å². The first kappa shape index (κ1) is 14.2. The second-order valence-electron chi connectivity index (χ2n) is 5.05. The van der Waals surface area contributed by atoms with Crippen LogP contribution < -0.4 is 5.32 Å². The van der Waals surface area contributed by atoms with Crippen LogP contribution in [0, 0.1) is 5.92 Å². The number of para-hydroxylation sites is 2. The molecule has 1 aromatic carbocycles. The molecule has 5 nitrogen and oxygen atoms in total. The normalized spacial score (nSPS) is 21.6. The predicted molar refractivity (Wildman–Crippen MR) is 81.3 cm³/mol. The Kier molecular flexibility index (Phi) is 4.03. The van der Waals surface area contributed by atoms with Crippen molar-refractivity contribution < 1.29 is 9.53 Å². The first-order chi connectivity index (χ1) is 10.2. The summed E-state index contributed by atoms with van der Waals surface area (Å²) in [5.74, 6) is 0.0484. The standard InChI is InChI=1S/C15H16ClN3O2/c1-2-12-9(7-8-21-12)15(20)19-14-13(16)17-10-5-3-4-6-11(10)18-14/h3-6,9,12H,2,7-8H2,1H3,(H,18,19,20). The highest BCUT2D eigenvalue weighted by Gasteiger charge is 2.33. The molecule has 1 N–H and O–H groups in total. The van der Waals surface area contributed by atoms with Crippen LogP contribution in [0.3, 0.4) is 0 Å². The largest absolute Gasteiger partial charge is 0.377 e. The van der Waals surface area contributed by atoms with Gasteiger partial charge in [0, 0.05) is 6.61 Å². The molecule has 1 aliphatic rings. The van der Waals surface area contributed by atoms with Crippen LogP contribution in [0.25, 0.3) is 11.0 Å². The average molecular weight is 306 g/mol. The summed E-state index contributed by atoms with van der Waals surface area (Å²) in [6.07, 6.45) is 1.51. The molecule has 2 unspecified atom stereocenters. The van der Waals surface area contributed by atoms with Gasteiger partial charge < -0.3 is 10.1 Å². The number of halogens is 1. The van der Waals surface area contributed by atoms with E-state index in [4.69, 9.17) is 16.3 Å². The van der Waals surface area contributed by atoms with Gasteiger partial charge in [-0.2, -0.15) is 0 Å². The van der Waals surface area contributed by atoms with Crippen LogP contribution >= 0.6 is 11.6 Å². The number of carbonyl (C=O) groups is 1. The number of nitrogens with zero attached hydrogens (tertiary/aromatic N) is 2. The van der Waals surface area contributed by atoms with Crippen molar-refractivity contribution in [2.75, 3.05) is 11.9 Å². The van der Waals surface area contributed by atoms with Gasteiger partial charge in [-0.15, -0.1) is 0 Å². The van der Waals surface area contributed by atoms with Crippen molar-refractivity contribution in [1.82, 2.24) is 9.97 Å². The molecule has 6 heteroatoms. The maximum absolute atomic E-state index is 12.4. The second-order valence-corrected chi connectivity index (χ2v) is 5.41. The van der Waals surface area contributed by atoms with Crippen molar-refractivity contribution in [1.29, 1.82) is 0 Å². The number of anilines is 1. The fourth-order valence-corrected chi connectivity index (χ4v) is 2.80. The molecule has 21 heavy (non-hydrogen) atoms. The number of aromatic nitrogens is 2. The van der Waals surface area contributed by atoms with Crippen molar-refractivity contribution in [3.63, 3.8) is 0 Å². The van der Waals surface area contributed by atoms with Crippen LogP contribution in [0.5, 0.6) is 0 Å². The summed E-state index contributed by atoms with van der Waals surface area (Å²) in [6.45, 7) is 2.63. The summed E-state index contributed by atoms with van der Waals surface area (Å²) < 4.78 is 5.54. The monoisotopic (exact) mass is 305 g/mol. The van der Waals surface area contributed by atoms with E-state index in [1.165, 1.54) is 0 Å². The fraction of sp³-hybridized carbons (Fsp3) is 0.400.